The van der Waals surface area contributed by atoms with Crippen molar-refractivity contribution in [2.24, 2.45) is 0 Å². The first-order valence-electron chi connectivity index (χ1n) is 10.2. The third-order valence-corrected chi connectivity index (χ3v) is 4.08. The van der Waals surface area contributed by atoms with E-state index in [4.69, 9.17) is 0 Å². The molecule has 1 amide bonds. The molecule has 0 fully saturated rings. The van der Waals surface area contributed by atoms with Crippen LogP contribution in [-0.2, 0) is 11.3 Å². The van der Waals surface area contributed by atoms with Crippen LogP contribution < -0.4 is 5.32 Å². The lowest BCUT2D eigenvalue weighted by atomic mass is 10.1. The van der Waals surface area contributed by atoms with Gasteiger partial charge in [-0.15, -0.1) is 0 Å². The van der Waals surface area contributed by atoms with Crippen molar-refractivity contribution in [2.75, 3.05) is 0 Å². The normalized spacial score (nSPS) is 12.0. The third-order valence-electron chi connectivity index (χ3n) is 4.08. The summed E-state index contributed by atoms with van der Waals surface area (Å²) in [7, 11) is 0. The Morgan fingerprint density at radius 3 is 2.04 bits per heavy atom. The van der Waals surface area contributed by atoms with Crippen molar-refractivity contribution in [3.63, 3.8) is 0 Å². The topological polar surface area (TPSA) is 29.1 Å². The van der Waals surface area contributed by atoms with Crippen LogP contribution in [0, 0.1) is 0 Å². The van der Waals surface area contributed by atoms with Gasteiger partial charge in [0.1, 0.15) is 0 Å². The third kappa shape index (κ3) is 14.5. The fourth-order valence-corrected chi connectivity index (χ4v) is 2.53. The van der Waals surface area contributed by atoms with Gasteiger partial charge in [-0.25, -0.2) is 0 Å². The summed E-state index contributed by atoms with van der Waals surface area (Å²) in [4.78, 5) is 11.8. The number of hydrogen-bond donors (Lipinski definition) is 1. The van der Waals surface area contributed by atoms with Crippen LogP contribution in [0.25, 0.3) is 0 Å². The molecule has 2 heteroatoms. The molecule has 0 spiro atoms. The second-order valence-corrected chi connectivity index (χ2v) is 6.51. The van der Waals surface area contributed by atoms with Crippen molar-refractivity contribution >= 4 is 5.91 Å². The van der Waals surface area contributed by atoms with Gasteiger partial charge in [0.05, 0.1) is 0 Å². The van der Waals surface area contributed by atoms with Crippen LogP contribution in [0.2, 0.25) is 0 Å². The standard InChI is InChI=1S/C25H35NO/c1-2-3-4-5-6-7-8-9-10-11-12-13-14-15-19-22-25(27)26-23-24-20-17-16-18-21-24/h3-4,6-7,9-10,12-13,16-18,20-21H,2,5,8,11,14-15,19,22-23H2,1H3,(H,26,27)/b4-3-,7-6-,10-9-,13-12-. The highest BCUT2D eigenvalue weighted by atomic mass is 16.1. The van der Waals surface area contributed by atoms with Crippen LogP contribution in [0.5, 0.6) is 0 Å². The molecule has 1 rings (SSSR count). The molecular formula is C25H35NO. The number of carbonyl (C=O) groups is 1. The summed E-state index contributed by atoms with van der Waals surface area (Å²) in [6.07, 6.45) is 25.5. The molecule has 0 radical (unpaired) electrons. The van der Waals surface area contributed by atoms with Crippen molar-refractivity contribution in [2.45, 2.75) is 64.8 Å². The van der Waals surface area contributed by atoms with E-state index in [-0.39, 0.29) is 5.91 Å². The fraction of sp³-hybridized carbons (Fsp3) is 0.400. The van der Waals surface area contributed by atoms with E-state index in [1.165, 1.54) is 0 Å². The first-order chi connectivity index (χ1) is 13.3. The zero-order valence-corrected chi connectivity index (χ0v) is 16.8. The summed E-state index contributed by atoms with van der Waals surface area (Å²) < 4.78 is 0. The molecule has 0 saturated carbocycles. The summed E-state index contributed by atoms with van der Waals surface area (Å²) >= 11 is 0. The van der Waals surface area contributed by atoms with Gasteiger partial charge in [-0.1, -0.05) is 85.9 Å². The molecule has 0 atom stereocenters. The molecule has 0 aliphatic heterocycles. The van der Waals surface area contributed by atoms with Crippen molar-refractivity contribution in [1.29, 1.82) is 0 Å². The predicted molar refractivity (Wildman–Crippen MR) is 117 cm³/mol. The summed E-state index contributed by atoms with van der Waals surface area (Å²) in [6.45, 7) is 2.77. The van der Waals surface area contributed by atoms with Gasteiger partial charge in [0.15, 0.2) is 0 Å². The van der Waals surface area contributed by atoms with E-state index in [2.05, 4.69) is 60.8 Å². The van der Waals surface area contributed by atoms with Crippen LogP contribution in [0.1, 0.15) is 63.9 Å². The maximum absolute atomic E-state index is 11.8. The highest BCUT2D eigenvalue weighted by molar-refractivity contribution is 5.75. The van der Waals surface area contributed by atoms with Crippen LogP contribution in [0.15, 0.2) is 78.9 Å². The monoisotopic (exact) mass is 365 g/mol. The Balaban J connectivity index is 1.94. The van der Waals surface area contributed by atoms with Crippen LogP contribution in [0.4, 0.5) is 0 Å². The number of unbranched alkanes of at least 4 members (excludes halogenated alkanes) is 2. The predicted octanol–water partition coefficient (Wildman–Crippen LogP) is 6.67. The number of benzene rings is 1. The molecule has 0 aliphatic carbocycles. The molecule has 1 N–H and O–H groups in total. The molecule has 1 aromatic rings. The van der Waals surface area contributed by atoms with Crippen molar-refractivity contribution in [3.05, 3.63) is 84.5 Å². The Hall–Kier alpha value is -2.35. The van der Waals surface area contributed by atoms with Gasteiger partial charge in [-0.3, -0.25) is 4.79 Å². The first kappa shape index (κ1) is 22.7. The lowest BCUT2D eigenvalue weighted by molar-refractivity contribution is -0.121. The Labute approximate surface area is 165 Å². The van der Waals surface area contributed by atoms with E-state index in [1.807, 2.05) is 30.3 Å². The minimum Gasteiger partial charge on any atom is -0.352 e. The molecule has 1 aromatic carbocycles. The molecule has 146 valence electrons. The molecule has 27 heavy (non-hydrogen) atoms. The molecule has 0 bridgehead atoms. The van der Waals surface area contributed by atoms with Gasteiger partial charge >= 0.3 is 0 Å². The van der Waals surface area contributed by atoms with E-state index in [1.54, 1.807) is 0 Å². The number of nitrogens with one attached hydrogen (secondary N) is 1. The largest absolute Gasteiger partial charge is 0.352 e. The van der Waals surface area contributed by atoms with Crippen molar-refractivity contribution in [3.8, 4) is 0 Å². The van der Waals surface area contributed by atoms with Crippen LogP contribution in [-0.4, -0.2) is 5.91 Å². The number of hydrogen-bond acceptors (Lipinski definition) is 1. The molecule has 0 saturated heterocycles. The zero-order chi connectivity index (χ0) is 19.4. The summed E-state index contributed by atoms with van der Waals surface area (Å²) in [5, 5.41) is 2.97. The van der Waals surface area contributed by atoms with Gasteiger partial charge in [-0.05, 0) is 50.5 Å². The molecular weight excluding hydrogens is 330 g/mol. The Morgan fingerprint density at radius 2 is 1.41 bits per heavy atom. The number of amides is 1. The Bertz CT molecular complexity index is 596. The SMILES string of the molecule is CC/C=C\C/C=C\C/C=C\C/C=C\CCCCC(=O)NCc1ccccc1. The lowest BCUT2D eigenvalue weighted by Crippen LogP contribution is -2.22. The van der Waals surface area contributed by atoms with Gasteiger partial charge in [0, 0.05) is 13.0 Å². The zero-order valence-electron chi connectivity index (χ0n) is 16.8. The minimum atomic E-state index is 0.143. The Kier molecular flexibility index (Phi) is 14.4. The highest BCUT2D eigenvalue weighted by Gasteiger charge is 2.00. The number of carbonyl (C=O) groups excluding carboxylic acids is 1. The van der Waals surface area contributed by atoms with Gasteiger partial charge in [0.2, 0.25) is 5.91 Å². The Morgan fingerprint density at radius 1 is 0.815 bits per heavy atom. The van der Waals surface area contributed by atoms with Gasteiger partial charge in [0.25, 0.3) is 0 Å². The van der Waals surface area contributed by atoms with Crippen LogP contribution >= 0.6 is 0 Å². The second-order valence-electron chi connectivity index (χ2n) is 6.51. The smallest absolute Gasteiger partial charge is 0.220 e. The van der Waals surface area contributed by atoms with Crippen molar-refractivity contribution < 1.29 is 4.79 Å². The first-order valence-corrected chi connectivity index (χ1v) is 10.2. The summed E-state index contributed by atoms with van der Waals surface area (Å²) in [6, 6.07) is 10.0. The van der Waals surface area contributed by atoms with Crippen LogP contribution in [0.3, 0.4) is 0 Å². The molecule has 0 aliphatic rings. The molecule has 0 unspecified atom stereocenters. The summed E-state index contributed by atoms with van der Waals surface area (Å²) in [5.74, 6) is 0.143. The number of allylic oxidation sites excluding steroid dienone is 8. The molecule has 2 nitrogen and oxygen atoms in total. The van der Waals surface area contributed by atoms with Gasteiger partial charge < -0.3 is 5.32 Å². The van der Waals surface area contributed by atoms with E-state index in [9.17, 15) is 4.79 Å². The van der Waals surface area contributed by atoms with E-state index < -0.39 is 0 Å². The van der Waals surface area contributed by atoms with E-state index in [0.717, 1.165) is 50.5 Å². The highest BCUT2D eigenvalue weighted by Crippen LogP contribution is 2.03. The quantitative estimate of drug-likeness (QED) is 0.289. The van der Waals surface area contributed by atoms with Crippen molar-refractivity contribution in [1.82, 2.24) is 5.32 Å². The van der Waals surface area contributed by atoms with E-state index >= 15 is 0 Å². The summed E-state index contributed by atoms with van der Waals surface area (Å²) in [5.41, 5.74) is 1.14. The average Bonchev–Trinajstić information content (AvgIpc) is 2.70. The van der Waals surface area contributed by atoms with Gasteiger partial charge in [-0.2, -0.15) is 0 Å². The minimum absolute atomic E-state index is 0.143. The second kappa shape index (κ2) is 17.1. The fourth-order valence-electron chi connectivity index (χ4n) is 2.53. The number of rotatable bonds is 14. The lowest BCUT2D eigenvalue weighted by Gasteiger charge is -2.04. The van der Waals surface area contributed by atoms with E-state index in [0.29, 0.717) is 13.0 Å². The molecule has 0 aromatic heterocycles. The maximum atomic E-state index is 11.8. The average molecular weight is 366 g/mol. The maximum Gasteiger partial charge on any atom is 0.220 e. The molecule has 0 heterocycles.